The fourth-order valence-corrected chi connectivity index (χ4v) is 4.83. The van der Waals surface area contributed by atoms with E-state index in [1.165, 1.54) is 12.8 Å². The second-order valence-electron chi connectivity index (χ2n) is 7.83. The molecule has 5 rings (SSSR count). The molecule has 2 saturated heterocycles. The van der Waals surface area contributed by atoms with Crippen LogP contribution in [0.25, 0.3) is 11.4 Å². The number of nitrogens with one attached hydrogen (secondary N) is 2. The first-order chi connectivity index (χ1) is 13.3. The Balaban J connectivity index is 1.35. The highest BCUT2D eigenvalue weighted by Gasteiger charge is 2.45. The Labute approximate surface area is 158 Å². The predicted molar refractivity (Wildman–Crippen MR) is 99.2 cm³/mol. The van der Waals surface area contributed by atoms with Crippen molar-refractivity contribution in [2.45, 2.75) is 56.7 Å². The van der Waals surface area contributed by atoms with E-state index < -0.39 is 0 Å². The van der Waals surface area contributed by atoms with E-state index in [9.17, 15) is 4.79 Å². The topological polar surface area (TPSA) is 83.3 Å². The minimum Gasteiger partial charge on any atom is -0.337 e. The number of aromatic nitrogens is 2. The highest BCUT2D eigenvalue weighted by Crippen LogP contribution is 2.36. The van der Waals surface area contributed by atoms with Gasteiger partial charge in [0.25, 0.3) is 0 Å². The number of hydrogen-bond acceptors (Lipinski definition) is 6. The number of nitrogens with zero attached hydrogens (tertiary/aromatic N) is 3. The monoisotopic (exact) mass is 367 g/mol. The Morgan fingerprint density at radius 2 is 1.93 bits per heavy atom. The van der Waals surface area contributed by atoms with Crippen LogP contribution in [0.2, 0.25) is 0 Å². The molecule has 1 aromatic carbocycles. The fourth-order valence-electron chi connectivity index (χ4n) is 4.83. The molecule has 7 heteroatoms. The maximum atomic E-state index is 13.3. The molecule has 3 heterocycles. The van der Waals surface area contributed by atoms with Crippen LogP contribution in [0, 0.1) is 5.92 Å². The second-order valence-corrected chi connectivity index (χ2v) is 7.83. The first-order valence-corrected chi connectivity index (χ1v) is 10.0. The van der Waals surface area contributed by atoms with Crippen LogP contribution < -0.4 is 10.9 Å². The Kier molecular flexibility index (Phi) is 4.41. The van der Waals surface area contributed by atoms with Crippen molar-refractivity contribution >= 4 is 5.91 Å². The maximum Gasteiger partial charge on any atom is 0.249 e. The lowest BCUT2D eigenvalue weighted by Crippen LogP contribution is -2.47. The second kappa shape index (κ2) is 7.05. The van der Waals surface area contributed by atoms with Gasteiger partial charge in [0.1, 0.15) is 12.1 Å². The van der Waals surface area contributed by atoms with E-state index in [0.29, 0.717) is 23.7 Å². The number of benzene rings is 1. The number of rotatable bonds is 3. The Morgan fingerprint density at radius 1 is 1.07 bits per heavy atom. The van der Waals surface area contributed by atoms with Gasteiger partial charge in [0.15, 0.2) is 0 Å². The molecule has 4 atom stereocenters. The molecule has 0 bridgehead atoms. The van der Waals surface area contributed by atoms with Crippen LogP contribution in [0.4, 0.5) is 0 Å². The quantitative estimate of drug-likeness (QED) is 0.867. The molecule has 142 valence electrons. The first-order valence-electron chi connectivity index (χ1n) is 10.0. The van der Waals surface area contributed by atoms with Gasteiger partial charge in [-0.25, -0.2) is 5.43 Å². The summed E-state index contributed by atoms with van der Waals surface area (Å²) in [5.41, 5.74) is 7.54. The summed E-state index contributed by atoms with van der Waals surface area (Å²) in [7, 11) is 0. The summed E-state index contributed by atoms with van der Waals surface area (Å²) in [4.78, 5) is 19.8. The van der Waals surface area contributed by atoms with Crippen molar-refractivity contribution in [2.75, 3.05) is 6.54 Å². The van der Waals surface area contributed by atoms with Crippen molar-refractivity contribution in [3.63, 3.8) is 0 Å². The van der Waals surface area contributed by atoms with Crippen LogP contribution in [0.1, 0.15) is 50.5 Å². The average Bonchev–Trinajstić information content (AvgIpc) is 3.46. The van der Waals surface area contributed by atoms with E-state index in [1.54, 1.807) is 0 Å². The molecule has 2 aromatic rings. The number of carbonyl (C=O) groups excluding carboxylic acids is 1. The standard InChI is InChI=1S/C20H25N5O2/c26-20(17-14-9-4-5-10-15(14)22-23-17)25-12-6-11-16(25)19-21-18(24-27-19)13-7-2-1-3-8-13/h1-3,7-8,14-17,22-23H,4-6,9-12H2. The van der Waals surface area contributed by atoms with Gasteiger partial charge in [-0.2, -0.15) is 4.98 Å². The van der Waals surface area contributed by atoms with Crippen LogP contribution in [-0.4, -0.2) is 39.6 Å². The van der Waals surface area contributed by atoms with Crippen molar-refractivity contribution < 1.29 is 9.32 Å². The SMILES string of the molecule is O=C(C1NNC2CCCCC21)N1CCCC1c1nc(-c2ccccc2)no1. The van der Waals surface area contributed by atoms with Crippen molar-refractivity contribution in [3.05, 3.63) is 36.2 Å². The molecule has 1 aliphatic carbocycles. The molecule has 0 radical (unpaired) electrons. The van der Waals surface area contributed by atoms with Gasteiger partial charge >= 0.3 is 0 Å². The molecule has 1 saturated carbocycles. The van der Waals surface area contributed by atoms with Gasteiger partial charge in [-0.15, -0.1) is 0 Å². The summed E-state index contributed by atoms with van der Waals surface area (Å²) in [6, 6.07) is 9.95. The summed E-state index contributed by atoms with van der Waals surface area (Å²) >= 11 is 0. The lowest BCUT2D eigenvalue weighted by atomic mass is 9.81. The zero-order valence-corrected chi connectivity index (χ0v) is 15.3. The molecule has 1 amide bonds. The molecule has 1 aromatic heterocycles. The summed E-state index contributed by atoms with van der Waals surface area (Å²) in [5, 5.41) is 4.14. The summed E-state index contributed by atoms with van der Waals surface area (Å²) < 4.78 is 5.56. The van der Waals surface area contributed by atoms with Gasteiger partial charge in [-0.3, -0.25) is 10.2 Å². The molecule has 3 fully saturated rings. The minimum atomic E-state index is -0.146. The first kappa shape index (κ1) is 16.9. The van der Waals surface area contributed by atoms with Gasteiger partial charge in [0.05, 0.1) is 0 Å². The number of hydrazine groups is 1. The largest absolute Gasteiger partial charge is 0.337 e. The molecule has 7 nitrogen and oxygen atoms in total. The zero-order valence-electron chi connectivity index (χ0n) is 15.3. The van der Waals surface area contributed by atoms with E-state index in [1.807, 2.05) is 35.2 Å². The lowest BCUT2D eigenvalue weighted by molar-refractivity contribution is -0.135. The van der Waals surface area contributed by atoms with Gasteiger partial charge in [0.2, 0.25) is 17.6 Å². The van der Waals surface area contributed by atoms with Crippen LogP contribution in [0.15, 0.2) is 34.9 Å². The zero-order chi connectivity index (χ0) is 18.2. The third-order valence-corrected chi connectivity index (χ3v) is 6.23. The molecule has 4 unspecified atom stereocenters. The van der Waals surface area contributed by atoms with Crippen LogP contribution in [-0.2, 0) is 4.79 Å². The molecule has 2 aliphatic heterocycles. The van der Waals surface area contributed by atoms with Crippen molar-refractivity contribution in [3.8, 4) is 11.4 Å². The lowest BCUT2D eigenvalue weighted by Gasteiger charge is -2.30. The number of fused-ring (bicyclic) bond motifs is 1. The van der Waals surface area contributed by atoms with Crippen molar-refractivity contribution in [1.82, 2.24) is 25.9 Å². The Bertz CT molecular complexity index is 808. The van der Waals surface area contributed by atoms with Crippen LogP contribution in [0.5, 0.6) is 0 Å². The fraction of sp³-hybridized carbons (Fsp3) is 0.550. The van der Waals surface area contributed by atoms with E-state index in [2.05, 4.69) is 21.0 Å². The summed E-state index contributed by atoms with van der Waals surface area (Å²) in [5.74, 6) is 1.68. The molecule has 0 spiro atoms. The number of hydrogen-bond donors (Lipinski definition) is 2. The smallest absolute Gasteiger partial charge is 0.249 e. The Morgan fingerprint density at radius 3 is 2.81 bits per heavy atom. The van der Waals surface area contributed by atoms with Crippen LogP contribution >= 0.6 is 0 Å². The highest BCUT2D eigenvalue weighted by atomic mass is 16.5. The van der Waals surface area contributed by atoms with Crippen molar-refractivity contribution in [2.24, 2.45) is 5.92 Å². The molecule has 2 N–H and O–H groups in total. The average molecular weight is 367 g/mol. The van der Waals surface area contributed by atoms with E-state index >= 15 is 0 Å². The molecular weight excluding hydrogens is 342 g/mol. The molecule has 27 heavy (non-hydrogen) atoms. The highest BCUT2D eigenvalue weighted by molar-refractivity contribution is 5.83. The predicted octanol–water partition coefficient (Wildman–Crippen LogP) is 2.44. The Hall–Kier alpha value is -2.25. The summed E-state index contributed by atoms with van der Waals surface area (Å²) in [6.45, 7) is 0.752. The van der Waals surface area contributed by atoms with E-state index in [4.69, 9.17) is 4.52 Å². The van der Waals surface area contributed by atoms with Crippen molar-refractivity contribution in [1.29, 1.82) is 0 Å². The van der Waals surface area contributed by atoms with Gasteiger partial charge < -0.3 is 9.42 Å². The van der Waals surface area contributed by atoms with Gasteiger partial charge in [0, 0.05) is 24.1 Å². The third kappa shape index (κ3) is 3.04. The molecule has 3 aliphatic rings. The normalized spacial score (nSPS) is 30.4. The number of likely N-dealkylation sites (tertiary alicyclic amines) is 1. The van der Waals surface area contributed by atoms with Crippen LogP contribution in [0.3, 0.4) is 0 Å². The van der Waals surface area contributed by atoms with E-state index in [-0.39, 0.29) is 18.0 Å². The van der Waals surface area contributed by atoms with E-state index in [0.717, 1.165) is 37.8 Å². The van der Waals surface area contributed by atoms with Gasteiger partial charge in [-0.05, 0) is 25.7 Å². The maximum absolute atomic E-state index is 13.3. The minimum absolute atomic E-state index is 0.119. The third-order valence-electron chi connectivity index (χ3n) is 6.23. The number of amides is 1. The molecular formula is C20H25N5O2. The summed E-state index contributed by atoms with van der Waals surface area (Å²) in [6.07, 6.45) is 6.55. The number of carbonyl (C=O) groups is 1. The van der Waals surface area contributed by atoms with Gasteiger partial charge in [-0.1, -0.05) is 48.3 Å².